The van der Waals surface area contributed by atoms with Gasteiger partial charge in [-0.3, -0.25) is 4.79 Å². The Morgan fingerprint density at radius 3 is 2.96 bits per heavy atom. The number of benzene rings is 1. The number of amides is 1. The van der Waals surface area contributed by atoms with Gasteiger partial charge in [0.1, 0.15) is 0 Å². The molecule has 1 aliphatic rings. The molecule has 1 aromatic carbocycles. The van der Waals surface area contributed by atoms with Crippen LogP contribution in [0.4, 0.5) is 0 Å². The van der Waals surface area contributed by atoms with E-state index >= 15 is 0 Å². The fraction of sp³-hybridized carbons (Fsp3) is 0.222. The van der Waals surface area contributed by atoms with E-state index < -0.39 is 0 Å². The number of thiophene rings is 1. The predicted octanol–water partition coefficient (Wildman–Crippen LogP) is 3.88. The number of carbonyl (C=O) groups excluding carboxylic acids is 1. The van der Waals surface area contributed by atoms with E-state index in [1.54, 1.807) is 40.9 Å². The molecule has 1 aliphatic heterocycles. The molecule has 0 unspecified atom stereocenters. The lowest BCUT2D eigenvalue weighted by Gasteiger charge is -2.05. The zero-order valence-corrected chi connectivity index (χ0v) is 15.2. The van der Waals surface area contributed by atoms with Crippen molar-refractivity contribution in [1.82, 2.24) is 10.3 Å². The second-order valence-corrected chi connectivity index (χ2v) is 7.82. The minimum atomic E-state index is -0.106. The van der Waals surface area contributed by atoms with Gasteiger partial charge in [-0.1, -0.05) is 0 Å². The van der Waals surface area contributed by atoms with Crippen LogP contribution in [0.25, 0.3) is 10.6 Å². The van der Waals surface area contributed by atoms with Gasteiger partial charge in [0.25, 0.3) is 5.91 Å². The third-order valence-corrected chi connectivity index (χ3v) is 5.77. The number of nitrogens with one attached hydrogen (secondary N) is 1. The number of thiazole rings is 1. The number of nitrogens with zero attached hydrogens (tertiary/aromatic N) is 1. The molecular formula is C18H16N2O3S2. The van der Waals surface area contributed by atoms with Crippen molar-refractivity contribution in [3.63, 3.8) is 0 Å². The maximum Gasteiger partial charge on any atom is 0.251 e. The molecule has 1 amide bonds. The summed E-state index contributed by atoms with van der Waals surface area (Å²) in [6.07, 6.45) is 0.796. The molecule has 0 radical (unpaired) electrons. The number of rotatable bonds is 5. The molecule has 4 rings (SSSR count). The van der Waals surface area contributed by atoms with Crippen LogP contribution in [0.3, 0.4) is 0 Å². The highest BCUT2D eigenvalue weighted by molar-refractivity contribution is 7.16. The molecule has 0 fully saturated rings. The van der Waals surface area contributed by atoms with Gasteiger partial charge in [0.2, 0.25) is 6.79 Å². The summed E-state index contributed by atoms with van der Waals surface area (Å²) in [5, 5.41) is 6.10. The monoisotopic (exact) mass is 372 g/mol. The Kier molecular flexibility index (Phi) is 4.42. The van der Waals surface area contributed by atoms with E-state index in [4.69, 9.17) is 9.47 Å². The largest absolute Gasteiger partial charge is 0.454 e. The summed E-state index contributed by atoms with van der Waals surface area (Å²) in [6, 6.07) is 9.41. The maximum absolute atomic E-state index is 12.3. The number of hydrogen-bond donors (Lipinski definition) is 1. The van der Waals surface area contributed by atoms with Gasteiger partial charge in [-0.15, -0.1) is 22.7 Å². The first-order valence-electron chi connectivity index (χ1n) is 7.88. The highest BCUT2D eigenvalue weighted by atomic mass is 32.1. The summed E-state index contributed by atoms with van der Waals surface area (Å²) < 4.78 is 10.6. The molecule has 0 spiro atoms. The van der Waals surface area contributed by atoms with Crippen molar-refractivity contribution in [2.24, 2.45) is 0 Å². The SMILES string of the molecule is Cc1nc(-c2ccc(CCNC(=O)c3ccc4c(c3)OCO4)s2)cs1. The second kappa shape index (κ2) is 6.85. The number of fused-ring (bicyclic) bond motifs is 1. The highest BCUT2D eigenvalue weighted by Crippen LogP contribution is 2.32. The van der Waals surface area contributed by atoms with Crippen LogP contribution in [0.15, 0.2) is 35.7 Å². The fourth-order valence-corrected chi connectivity index (χ4v) is 4.22. The average Bonchev–Trinajstić information content (AvgIpc) is 3.33. The maximum atomic E-state index is 12.3. The topological polar surface area (TPSA) is 60.5 Å². The van der Waals surface area contributed by atoms with Gasteiger partial charge in [0.15, 0.2) is 11.5 Å². The third kappa shape index (κ3) is 3.52. The molecule has 0 atom stereocenters. The molecule has 0 saturated carbocycles. The van der Waals surface area contributed by atoms with Gasteiger partial charge in [0.05, 0.1) is 15.6 Å². The van der Waals surface area contributed by atoms with Crippen molar-refractivity contribution in [1.29, 1.82) is 0 Å². The Morgan fingerprint density at radius 1 is 1.24 bits per heavy atom. The summed E-state index contributed by atoms with van der Waals surface area (Å²) in [6.45, 7) is 2.80. The first-order chi connectivity index (χ1) is 12.2. The standard InChI is InChI=1S/C18H16N2O3S2/c1-11-20-14(9-24-11)17-5-3-13(25-17)6-7-19-18(21)12-2-4-15-16(8-12)23-10-22-15/h2-5,8-9H,6-7,10H2,1H3,(H,19,21). The quantitative estimate of drug-likeness (QED) is 0.738. The highest BCUT2D eigenvalue weighted by Gasteiger charge is 2.16. The molecule has 2 aromatic heterocycles. The van der Waals surface area contributed by atoms with Crippen LogP contribution >= 0.6 is 22.7 Å². The Morgan fingerprint density at radius 2 is 2.12 bits per heavy atom. The van der Waals surface area contributed by atoms with Gasteiger partial charge >= 0.3 is 0 Å². The number of aromatic nitrogens is 1. The summed E-state index contributed by atoms with van der Waals surface area (Å²) in [7, 11) is 0. The van der Waals surface area contributed by atoms with Crippen molar-refractivity contribution < 1.29 is 14.3 Å². The van der Waals surface area contributed by atoms with E-state index in [1.807, 2.05) is 6.92 Å². The van der Waals surface area contributed by atoms with Crippen LogP contribution in [0, 0.1) is 6.92 Å². The van der Waals surface area contributed by atoms with Crippen molar-refractivity contribution >= 4 is 28.6 Å². The van der Waals surface area contributed by atoms with E-state index in [0.29, 0.717) is 23.6 Å². The molecule has 3 aromatic rings. The Bertz CT molecular complexity index is 917. The van der Waals surface area contributed by atoms with Gasteiger partial charge in [-0.2, -0.15) is 0 Å². The zero-order chi connectivity index (χ0) is 17.2. The van der Waals surface area contributed by atoms with Crippen LogP contribution in [-0.2, 0) is 6.42 Å². The van der Waals surface area contributed by atoms with Crippen LogP contribution in [0.5, 0.6) is 11.5 Å². The molecule has 1 N–H and O–H groups in total. The van der Waals surface area contributed by atoms with Gasteiger partial charge < -0.3 is 14.8 Å². The third-order valence-electron chi connectivity index (χ3n) is 3.82. The van der Waals surface area contributed by atoms with Crippen LogP contribution in [-0.4, -0.2) is 24.2 Å². The van der Waals surface area contributed by atoms with E-state index in [2.05, 4.69) is 27.8 Å². The van der Waals surface area contributed by atoms with Crippen LogP contribution in [0.2, 0.25) is 0 Å². The number of carbonyl (C=O) groups is 1. The molecule has 0 aliphatic carbocycles. The lowest BCUT2D eigenvalue weighted by Crippen LogP contribution is -2.25. The predicted molar refractivity (Wildman–Crippen MR) is 98.8 cm³/mol. The number of aryl methyl sites for hydroxylation is 1. The van der Waals surface area contributed by atoms with E-state index in [0.717, 1.165) is 17.1 Å². The van der Waals surface area contributed by atoms with Crippen molar-refractivity contribution in [2.75, 3.05) is 13.3 Å². The normalized spacial score (nSPS) is 12.4. The Hall–Kier alpha value is -2.38. The molecule has 0 saturated heterocycles. The first kappa shape index (κ1) is 16.1. The molecule has 128 valence electrons. The summed E-state index contributed by atoms with van der Waals surface area (Å²) >= 11 is 3.38. The smallest absolute Gasteiger partial charge is 0.251 e. The van der Waals surface area contributed by atoms with Crippen molar-refractivity contribution in [3.05, 3.63) is 51.2 Å². The van der Waals surface area contributed by atoms with Crippen LogP contribution < -0.4 is 14.8 Å². The second-order valence-electron chi connectivity index (χ2n) is 5.59. The summed E-state index contributed by atoms with van der Waals surface area (Å²) in [5.41, 5.74) is 1.61. The summed E-state index contributed by atoms with van der Waals surface area (Å²) in [4.78, 5) is 19.2. The first-order valence-corrected chi connectivity index (χ1v) is 9.58. The molecule has 3 heterocycles. The lowest BCUT2D eigenvalue weighted by molar-refractivity contribution is 0.0953. The van der Waals surface area contributed by atoms with E-state index in [-0.39, 0.29) is 12.7 Å². The molecule has 25 heavy (non-hydrogen) atoms. The van der Waals surface area contributed by atoms with Gasteiger partial charge in [0, 0.05) is 22.4 Å². The van der Waals surface area contributed by atoms with Crippen molar-refractivity contribution in [2.45, 2.75) is 13.3 Å². The Balaban J connectivity index is 1.33. The van der Waals surface area contributed by atoms with E-state index in [9.17, 15) is 4.79 Å². The Labute approximate surface area is 153 Å². The number of hydrogen-bond acceptors (Lipinski definition) is 6. The molecule has 0 bridgehead atoms. The molecule has 7 heteroatoms. The molecule has 5 nitrogen and oxygen atoms in total. The van der Waals surface area contributed by atoms with Crippen LogP contribution in [0.1, 0.15) is 20.2 Å². The zero-order valence-electron chi connectivity index (χ0n) is 13.6. The molecular weight excluding hydrogens is 356 g/mol. The lowest BCUT2D eigenvalue weighted by atomic mass is 10.2. The summed E-state index contributed by atoms with van der Waals surface area (Å²) in [5.74, 6) is 1.19. The minimum Gasteiger partial charge on any atom is -0.454 e. The van der Waals surface area contributed by atoms with E-state index in [1.165, 1.54) is 9.75 Å². The fourth-order valence-electron chi connectivity index (χ4n) is 2.57. The van der Waals surface area contributed by atoms with Gasteiger partial charge in [-0.05, 0) is 43.7 Å². The van der Waals surface area contributed by atoms with Gasteiger partial charge in [-0.25, -0.2) is 4.98 Å². The number of ether oxygens (including phenoxy) is 2. The average molecular weight is 372 g/mol. The van der Waals surface area contributed by atoms with Crippen molar-refractivity contribution in [3.8, 4) is 22.1 Å². The minimum absolute atomic E-state index is 0.106.